The Hall–Kier alpha value is -2.67. The maximum absolute atomic E-state index is 12.7. The lowest BCUT2D eigenvalue weighted by atomic mass is 10.1. The van der Waals surface area contributed by atoms with Crippen LogP contribution in [0.2, 0.25) is 0 Å². The lowest BCUT2D eigenvalue weighted by molar-refractivity contribution is -0.144. The van der Waals surface area contributed by atoms with Crippen molar-refractivity contribution in [3.63, 3.8) is 0 Å². The van der Waals surface area contributed by atoms with Gasteiger partial charge in [0.1, 0.15) is 6.54 Å². The lowest BCUT2D eigenvalue weighted by Gasteiger charge is -2.24. The highest BCUT2D eigenvalue weighted by molar-refractivity contribution is 7.10. The van der Waals surface area contributed by atoms with Crippen LogP contribution in [-0.2, 0) is 20.8 Å². The van der Waals surface area contributed by atoms with Crippen molar-refractivity contribution in [1.82, 2.24) is 10.2 Å². The quantitative estimate of drug-likeness (QED) is 0.706. The molecule has 2 N–H and O–H groups in total. The smallest absolute Gasteiger partial charge is 0.323 e. The number of rotatable bonds is 9. The zero-order valence-corrected chi connectivity index (χ0v) is 15.4. The average Bonchev–Trinajstić information content (AvgIpc) is 3.12. The molecule has 2 rings (SSSR count). The van der Waals surface area contributed by atoms with Crippen LogP contribution in [0.25, 0.3) is 0 Å². The van der Waals surface area contributed by atoms with Crippen LogP contribution in [0.15, 0.2) is 47.8 Å². The first-order chi connectivity index (χ1) is 12.5. The van der Waals surface area contributed by atoms with Gasteiger partial charge in [-0.05, 0) is 23.4 Å². The Labute approximate surface area is 156 Å². The topological polar surface area (TPSA) is 86.7 Å². The van der Waals surface area contributed by atoms with Crippen LogP contribution in [0.1, 0.15) is 29.8 Å². The molecule has 7 heteroatoms. The van der Waals surface area contributed by atoms with Gasteiger partial charge >= 0.3 is 5.97 Å². The molecule has 0 aliphatic heterocycles. The number of amides is 2. The minimum atomic E-state index is -1.06. The largest absolute Gasteiger partial charge is 0.480 e. The number of carboxylic acid groups (broad SMARTS) is 1. The van der Waals surface area contributed by atoms with Gasteiger partial charge in [-0.25, -0.2) is 0 Å². The summed E-state index contributed by atoms with van der Waals surface area (Å²) in [7, 11) is 0. The molecule has 0 saturated heterocycles. The monoisotopic (exact) mass is 374 g/mol. The standard InChI is InChI=1S/C19H22N2O4S/c1-14(22)20-16(17-8-5-11-26-17)12-18(23)21(13-19(24)25)10-9-15-6-3-2-4-7-15/h2-8,11,16H,9-10,12-13H2,1H3,(H,20,22)(H,24,25). The molecule has 0 spiro atoms. The van der Waals surface area contributed by atoms with Crippen LogP contribution in [0.3, 0.4) is 0 Å². The van der Waals surface area contributed by atoms with Gasteiger partial charge in [-0.2, -0.15) is 0 Å². The second kappa shape index (κ2) is 9.72. The molecule has 2 aromatic rings. The molecule has 0 fully saturated rings. The normalized spacial score (nSPS) is 11.6. The summed E-state index contributed by atoms with van der Waals surface area (Å²) in [6.45, 7) is 1.35. The maximum atomic E-state index is 12.7. The Morgan fingerprint density at radius 2 is 1.88 bits per heavy atom. The summed E-state index contributed by atoms with van der Waals surface area (Å²) in [5, 5.41) is 13.8. The van der Waals surface area contributed by atoms with Crippen molar-refractivity contribution >= 4 is 29.1 Å². The molecule has 0 aliphatic carbocycles. The van der Waals surface area contributed by atoms with E-state index in [-0.39, 0.29) is 24.8 Å². The van der Waals surface area contributed by atoms with Crippen LogP contribution in [0, 0.1) is 0 Å². The van der Waals surface area contributed by atoms with Crippen LogP contribution >= 0.6 is 11.3 Å². The van der Waals surface area contributed by atoms with Gasteiger partial charge in [0.25, 0.3) is 0 Å². The summed E-state index contributed by atoms with van der Waals surface area (Å²) in [6.07, 6.45) is 0.603. The summed E-state index contributed by atoms with van der Waals surface area (Å²) >= 11 is 1.45. The van der Waals surface area contributed by atoms with Crippen molar-refractivity contribution < 1.29 is 19.5 Å². The molecule has 0 aliphatic rings. The van der Waals surface area contributed by atoms with Crippen molar-refractivity contribution in [1.29, 1.82) is 0 Å². The number of nitrogens with zero attached hydrogens (tertiary/aromatic N) is 1. The van der Waals surface area contributed by atoms with Crippen molar-refractivity contribution in [3.05, 3.63) is 58.3 Å². The van der Waals surface area contributed by atoms with Crippen molar-refractivity contribution in [2.75, 3.05) is 13.1 Å². The molecule has 1 aromatic carbocycles. The summed E-state index contributed by atoms with van der Waals surface area (Å²) in [6, 6.07) is 12.8. The van der Waals surface area contributed by atoms with Gasteiger partial charge in [-0.15, -0.1) is 11.3 Å². The van der Waals surface area contributed by atoms with E-state index in [2.05, 4.69) is 5.32 Å². The molecule has 6 nitrogen and oxygen atoms in total. The highest BCUT2D eigenvalue weighted by atomic mass is 32.1. The minimum absolute atomic E-state index is 0.0299. The van der Waals surface area contributed by atoms with E-state index in [1.807, 2.05) is 47.8 Å². The number of carbonyl (C=O) groups excluding carboxylic acids is 2. The van der Waals surface area contributed by atoms with E-state index < -0.39 is 12.0 Å². The SMILES string of the molecule is CC(=O)NC(CC(=O)N(CCc1ccccc1)CC(=O)O)c1cccs1. The molecule has 0 bridgehead atoms. The molecule has 1 atom stereocenters. The predicted molar refractivity (Wildman–Crippen MR) is 99.9 cm³/mol. The Kier molecular flexibility index (Phi) is 7.35. The number of carbonyl (C=O) groups is 3. The first-order valence-corrected chi connectivity index (χ1v) is 9.17. The van der Waals surface area contributed by atoms with Crippen molar-refractivity contribution in [2.24, 2.45) is 0 Å². The first kappa shape index (κ1) is 19.7. The highest BCUT2D eigenvalue weighted by Crippen LogP contribution is 2.23. The zero-order chi connectivity index (χ0) is 18.9. The summed E-state index contributed by atoms with van der Waals surface area (Å²) in [4.78, 5) is 37.5. The molecule has 2 amide bonds. The fraction of sp³-hybridized carbons (Fsp3) is 0.316. The number of benzene rings is 1. The van der Waals surface area contributed by atoms with E-state index in [1.54, 1.807) is 0 Å². The highest BCUT2D eigenvalue weighted by Gasteiger charge is 2.23. The van der Waals surface area contributed by atoms with Gasteiger partial charge < -0.3 is 15.3 Å². The predicted octanol–water partition coefficient (Wildman–Crippen LogP) is 2.47. The van der Waals surface area contributed by atoms with Gasteiger partial charge in [0, 0.05) is 18.3 Å². The lowest BCUT2D eigenvalue weighted by Crippen LogP contribution is -2.39. The Balaban J connectivity index is 2.06. The van der Waals surface area contributed by atoms with E-state index in [4.69, 9.17) is 5.11 Å². The fourth-order valence-corrected chi connectivity index (χ4v) is 3.40. The number of hydrogen-bond donors (Lipinski definition) is 2. The Morgan fingerprint density at radius 3 is 2.46 bits per heavy atom. The van der Waals surface area contributed by atoms with Gasteiger partial charge in [-0.1, -0.05) is 36.4 Å². The van der Waals surface area contributed by atoms with E-state index in [0.29, 0.717) is 13.0 Å². The number of thiophene rings is 1. The molecule has 1 unspecified atom stereocenters. The molecule has 1 aromatic heterocycles. The van der Waals surface area contributed by atoms with E-state index >= 15 is 0 Å². The third-order valence-electron chi connectivity index (χ3n) is 3.83. The van der Waals surface area contributed by atoms with Crippen LogP contribution in [0.5, 0.6) is 0 Å². The summed E-state index contributed by atoms with van der Waals surface area (Å²) in [5.41, 5.74) is 1.03. The van der Waals surface area contributed by atoms with E-state index in [0.717, 1.165) is 10.4 Å². The van der Waals surface area contributed by atoms with Crippen molar-refractivity contribution in [2.45, 2.75) is 25.8 Å². The van der Waals surface area contributed by atoms with Gasteiger partial charge in [0.05, 0.1) is 12.5 Å². The molecular formula is C19H22N2O4S. The molecule has 26 heavy (non-hydrogen) atoms. The number of hydrogen-bond acceptors (Lipinski definition) is 4. The summed E-state index contributed by atoms with van der Waals surface area (Å²) in [5.74, 6) is -1.58. The number of carboxylic acids is 1. The van der Waals surface area contributed by atoms with E-state index in [9.17, 15) is 14.4 Å². The summed E-state index contributed by atoms with van der Waals surface area (Å²) < 4.78 is 0. The van der Waals surface area contributed by atoms with Crippen LogP contribution in [0.4, 0.5) is 0 Å². The third-order valence-corrected chi connectivity index (χ3v) is 4.82. The van der Waals surface area contributed by atoms with Gasteiger partial charge in [-0.3, -0.25) is 14.4 Å². The maximum Gasteiger partial charge on any atom is 0.323 e. The second-order valence-electron chi connectivity index (χ2n) is 5.92. The van der Waals surface area contributed by atoms with Gasteiger partial charge in [0.15, 0.2) is 0 Å². The molecule has 1 heterocycles. The zero-order valence-electron chi connectivity index (χ0n) is 14.6. The molecule has 0 radical (unpaired) electrons. The Morgan fingerprint density at radius 1 is 1.15 bits per heavy atom. The van der Waals surface area contributed by atoms with Crippen LogP contribution < -0.4 is 5.32 Å². The molecule has 0 saturated carbocycles. The molecule has 138 valence electrons. The number of nitrogens with one attached hydrogen (secondary N) is 1. The second-order valence-corrected chi connectivity index (χ2v) is 6.90. The number of aliphatic carboxylic acids is 1. The first-order valence-electron chi connectivity index (χ1n) is 8.29. The Bertz CT molecular complexity index is 731. The molecular weight excluding hydrogens is 352 g/mol. The average molecular weight is 374 g/mol. The fourth-order valence-electron chi connectivity index (χ4n) is 2.63. The third kappa shape index (κ3) is 6.33. The van der Waals surface area contributed by atoms with Crippen molar-refractivity contribution in [3.8, 4) is 0 Å². The minimum Gasteiger partial charge on any atom is -0.480 e. The van der Waals surface area contributed by atoms with E-state index in [1.165, 1.54) is 23.2 Å². The van der Waals surface area contributed by atoms with Gasteiger partial charge in [0.2, 0.25) is 11.8 Å². The van der Waals surface area contributed by atoms with Crippen LogP contribution in [-0.4, -0.2) is 40.9 Å².